The fraction of sp³-hybridized carbons (Fsp3) is 0.438. The molecular weight excluding hydrogens is 308 g/mol. The van der Waals surface area contributed by atoms with Gasteiger partial charge in [-0.05, 0) is 31.5 Å². The number of ether oxygens (including phenoxy) is 4. The lowest BCUT2D eigenvalue weighted by atomic mass is 10.0. The molecule has 0 aliphatic carbocycles. The zero-order chi connectivity index (χ0) is 15.9. The van der Waals surface area contributed by atoms with Crippen molar-refractivity contribution in [2.45, 2.75) is 31.8 Å². The largest absolute Gasteiger partial charge is 0.496 e. The minimum Gasteiger partial charge on any atom is -0.496 e. The molecule has 118 valence electrons. The topological polar surface area (TPSA) is 54.0 Å². The monoisotopic (exact) mass is 324 g/mol. The molecule has 1 aromatic rings. The normalized spacial score (nSPS) is 27.2. The van der Waals surface area contributed by atoms with Crippen LogP contribution in [-0.2, 0) is 23.7 Å². The quantitative estimate of drug-likeness (QED) is 0.800. The molecule has 0 amide bonds. The molecule has 3 rings (SSSR count). The Morgan fingerprint density at radius 2 is 1.95 bits per heavy atom. The summed E-state index contributed by atoms with van der Waals surface area (Å²) in [5, 5.41) is 0.598. The molecule has 5 nitrogen and oxygen atoms in total. The molecule has 1 aromatic carbocycles. The number of carbonyl (C=O) groups is 1. The maximum atomic E-state index is 12.3. The van der Waals surface area contributed by atoms with Gasteiger partial charge in [0.1, 0.15) is 11.7 Å². The molecule has 0 saturated carbocycles. The van der Waals surface area contributed by atoms with Crippen LogP contribution in [0.5, 0.6) is 0 Å². The van der Waals surface area contributed by atoms with E-state index in [2.05, 4.69) is 0 Å². The van der Waals surface area contributed by atoms with Crippen LogP contribution in [0, 0.1) is 0 Å². The molecule has 6 heteroatoms. The van der Waals surface area contributed by atoms with Gasteiger partial charge in [-0.2, -0.15) is 0 Å². The molecule has 0 radical (unpaired) electrons. The number of halogens is 1. The average Bonchev–Trinajstić information content (AvgIpc) is 2.99. The Labute approximate surface area is 133 Å². The highest BCUT2D eigenvalue weighted by Crippen LogP contribution is 2.37. The van der Waals surface area contributed by atoms with Crippen molar-refractivity contribution in [3.8, 4) is 0 Å². The Hall–Kier alpha value is -1.56. The molecule has 2 heterocycles. The minimum absolute atomic E-state index is 0.339. The third-order valence-electron chi connectivity index (χ3n) is 3.66. The second-order valence-corrected chi connectivity index (χ2v) is 6.08. The van der Waals surface area contributed by atoms with Crippen LogP contribution in [0.4, 0.5) is 0 Å². The third-order valence-corrected chi connectivity index (χ3v) is 3.92. The number of methoxy groups -OCH3 is 1. The van der Waals surface area contributed by atoms with E-state index in [0.717, 1.165) is 0 Å². The van der Waals surface area contributed by atoms with Gasteiger partial charge in [0, 0.05) is 5.02 Å². The van der Waals surface area contributed by atoms with E-state index >= 15 is 0 Å². The van der Waals surface area contributed by atoms with E-state index in [1.165, 1.54) is 7.11 Å². The van der Waals surface area contributed by atoms with Gasteiger partial charge in [0.05, 0.1) is 13.7 Å². The minimum atomic E-state index is -0.695. The third kappa shape index (κ3) is 2.72. The molecule has 1 fully saturated rings. The van der Waals surface area contributed by atoms with Crippen LogP contribution < -0.4 is 0 Å². The van der Waals surface area contributed by atoms with Gasteiger partial charge in [-0.15, -0.1) is 0 Å². The molecule has 2 aliphatic rings. The highest BCUT2D eigenvalue weighted by molar-refractivity contribution is 6.30. The lowest BCUT2D eigenvalue weighted by Gasteiger charge is -2.21. The molecule has 0 unspecified atom stereocenters. The van der Waals surface area contributed by atoms with Gasteiger partial charge in [0.15, 0.2) is 17.7 Å². The van der Waals surface area contributed by atoms with Gasteiger partial charge in [-0.25, -0.2) is 4.79 Å². The second-order valence-electron chi connectivity index (χ2n) is 5.64. The zero-order valence-electron chi connectivity index (χ0n) is 12.6. The van der Waals surface area contributed by atoms with Crippen molar-refractivity contribution < 1.29 is 23.7 Å². The lowest BCUT2D eigenvalue weighted by Crippen LogP contribution is -2.33. The molecular formula is C16H17ClO5. The first-order chi connectivity index (χ1) is 10.4. The predicted molar refractivity (Wildman–Crippen MR) is 80.2 cm³/mol. The fourth-order valence-corrected chi connectivity index (χ4v) is 2.80. The zero-order valence-corrected chi connectivity index (χ0v) is 13.3. The lowest BCUT2D eigenvalue weighted by molar-refractivity contribution is -0.162. The van der Waals surface area contributed by atoms with Gasteiger partial charge >= 0.3 is 5.97 Å². The van der Waals surface area contributed by atoms with Crippen LogP contribution in [0.1, 0.15) is 19.4 Å². The summed E-state index contributed by atoms with van der Waals surface area (Å²) in [6.45, 7) is 3.98. The maximum Gasteiger partial charge on any atom is 0.343 e. The highest BCUT2D eigenvalue weighted by atomic mass is 35.5. The van der Waals surface area contributed by atoms with Crippen LogP contribution in [0.15, 0.2) is 30.0 Å². The van der Waals surface area contributed by atoms with Crippen molar-refractivity contribution in [3.63, 3.8) is 0 Å². The number of carbonyl (C=O) groups excluding carboxylic acids is 1. The SMILES string of the molecule is COC1=C(c2ccc(Cl)cc2)C(=O)O[C@@H]1[C@@H]1COC(C)(C)O1. The summed E-state index contributed by atoms with van der Waals surface area (Å²) in [5.41, 5.74) is 1.10. The van der Waals surface area contributed by atoms with Gasteiger partial charge in [-0.1, -0.05) is 23.7 Å². The van der Waals surface area contributed by atoms with Crippen LogP contribution in [0.2, 0.25) is 5.02 Å². The maximum absolute atomic E-state index is 12.3. The van der Waals surface area contributed by atoms with Gasteiger partial charge < -0.3 is 18.9 Å². The summed E-state index contributed by atoms with van der Waals surface area (Å²) < 4.78 is 22.2. The fourth-order valence-electron chi connectivity index (χ4n) is 2.67. The number of hydrogen-bond acceptors (Lipinski definition) is 5. The highest BCUT2D eigenvalue weighted by Gasteiger charge is 2.47. The molecule has 2 atom stereocenters. The summed E-state index contributed by atoms with van der Waals surface area (Å²) in [7, 11) is 1.52. The van der Waals surface area contributed by atoms with Crippen molar-refractivity contribution in [2.24, 2.45) is 0 Å². The summed E-state index contributed by atoms with van der Waals surface area (Å²) in [6.07, 6.45) is -0.997. The number of hydrogen-bond donors (Lipinski definition) is 0. The Morgan fingerprint density at radius 1 is 1.27 bits per heavy atom. The molecule has 22 heavy (non-hydrogen) atoms. The van der Waals surface area contributed by atoms with E-state index in [0.29, 0.717) is 28.5 Å². The summed E-state index contributed by atoms with van der Waals surface area (Å²) in [6, 6.07) is 6.96. The Kier molecular flexibility index (Phi) is 3.89. The van der Waals surface area contributed by atoms with Crippen molar-refractivity contribution in [3.05, 3.63) is 40.6 Å². The summed E-state index contributed by atoms with van der Waals surface area (Å²) >= 11 is 5.89. The Morgan fingerprint density at radius 3 is 2.50 bits per heavy atom. The van der Waals surface area contributed by atoms with Gasteiger partial charge in [0.2, 0.25) is 0 Å². The molecule has 0 aromatic heterocycles. The smallest absolute Gasteiger partial charge is 0.343 e. The van der Waals surface area contributed by atoms with E-state index in [4.69, 9.17) is 30.5 Å². The standard InChI is InChI=1S/C16H17ClO5/c1-16(2)20-8-11(22-16)13-14(19-3)12(15(18)21-13)9-4-6-10(17)7-5-9/h4-7,11,13H,8H2,1-3H3/t11-,13+/m0/s1. The van der Waals surface area contributed by atoms with Crippen LogP contribution in [0.25, 0.3) is 5.57 Å². The Bertz CT molecular complexity index is 620. The van der Waals surface area contributed by atoms with Crippen molar-refractivity contribution in [1.29, 1.82) is 0 Å². The van der Waals surface area contributed by atoms with Gasteiger partial charge in [0.25, 0.3) is 0 Å². The average molecular weight is 325 g/mol. The predicted octanol–water partition coefficient (Wildman–Crippen LogP) is 2.77. The van der Waals surface area contributed by atoms with Crippen LogP contribution in [-0.4, -0.2) is 37.7 Å². The molecule has 2 aliphatic heterocycles. The van der Waals surface area contributed by atoms with E-state index in [1.807, 2.05) is 13.8 Å². The number of esters is 1. The van der Waals surface area contributed by atoms with Crippen LogP contribution >= 0.6 is 11.6 Å². The Balaban J connectivity index is 1.95. The summed E-state index contributed by atoms with van der Waals surface area (Å²) in [4.78, 5) is 12.3. The second kappa shape index (κ2) is 5.57. The number of rotatable bonds is 3. The van der Waals surface area contributed by atoms with E-state index < -0.39 is 24.0 Å². The van der Waals surface area contributed by atoms with Crippen molar-refractivity contribution in [2.75, 3.05) is 13.7 Å². The van der Waals surface area contributed by atoms with Crippen molar-refractivity contribution >= 4 is 23.1 Å². The summed E-state index contributed by atoms with van der Waals surface area (Å²) in [5.74, 6) is -0.671. The number of cyclic esters (lactones) is 1. The van der Waals surface area contributed by atoms with E-state index in [-0.39, 0.29) is 0 Å². The first kappa shape index (κ1) is 15.3. The van der Waals surface area contributed by atoms with Crippen molar-refractivity contribution in [1.82, 2.24) is 0 Å². The van der Waals surface area contributed by atoms with Crippen LogP contribution in [0.3, 0.4) is 0 Å². The van der Waals surface area contributed by atoms with E-state index in [1.54, 1.807) is 24.3 Å². The number of benzene rings is 1. The molecule has 1 saturated heterocycles. The van der Waals surface area contributed by atoms with Gasteiger partial charge in [-0.3, -0.25) is 0 Å². The first-order valence-corrected chi connectivity index (χ1v) is 7.36. The molecule has 0 N–H and O–H groups in total. The molecule has 0 bridgehead atoms. The first-order valence-electron chi connectivity index (χ1n) is 6.98. The van der Waals surface area contributed by atoms with E-state index in [9.17, 15) is 4.79 Å². The molecule has 0 spiro atoms.